The van der Waals surface area contributed by atoms with Crippen LogP contribution in [0.15, 0.2) is 24.3 Å². The molecule has 0 saturated heterocycles. The van der Waals surface area contributed by atoms with Crippen molar-refractivity contribution in [3.8, 4) is 0 Å². The van der Waals surface area contributed by atoms with Crippen LogP contribution in [0.3, 0.4) is 0 Å². The van der Waals surface area contributed by atoms with Crippen molar-refractivity contribution in [2.24, 2.45) is 0 Å². The lowest BCUT2D eigenvalue weighted by Crippen LogP contribution is -2.26. The molecule has 96 valence electrons. The molecule has 0 aliphatic carbocycles. The van der Waals surface area contributed by atoms with Crippen molar-refractivity contribution in [3.63, 3.8) is 0 Å². The summed E-state index contributed by atoms with van der Waals surface area (Å²) in [5.74, 6) is 0. The maximum absolute atomic E-state index is 9.57. The van der Waals surface area contributed by atoms with Gasteiger partial charge in [-0.05, 0) is 24.1 Å². The van der Waals surface area contributed by atoms with Crippen LogP contribution in [-0.4, -0.2) is 31.9 Å². The minimum Gasteiger partial charge on any atom is -0.392 e. The predicted octanol–water partition coefficient (Wildman–Crippen LogP) is 2.00. The van der Waals surface area contributed by atoms with Crippen molar-refractivity contribution in [2.45, 2.75) is 32.4 Å². The monoisotopic (exact) mass is 236 g/mol. The first kappa shape index (κ1) is 14.0. The van der Waals surface area contributed by atoms with E-state index in [0.717, 1.165) is 19.4 Å². The first-order valence-electron chi connectivity index (χ1n) is 6.28. The van der Waals surface area contributed by atoms with Crippen molar-refractivity contribution < 1.29 is 5.11 Å². The summed E-state index contributed by atoms with van der Waals surface area (Å²) < 4.78 is 0. The molecule has 0 bridgehead atoms. The maximum atomic E-state index is 9.57. The number of hydrogen-bond donors (Lipinski definition) is 2. The molecule has 0 radical (unpaired) electrons. The van der Waals surface area contributed by atoms with Crippen LogP contribution in [0.4, 0.5) is 5.69 Å². The summed E-state index contributed by atoms with van der Waals surface area (Å²) in [7, 11) is 4.07. The smallest absolute Gasteiger partial charge is 0.0664 e. The lowest BCUT2D eigenvalue weighted by Gasteiger charge is -2.13. The highest BCUT2D eigenvalue weighted by atomic mass is 16.3. The normalized spacial score (nSPS) is 12.5. The van der Waals surface area contributed by atoms with Crippen LogP contribution in [0.5, 0.6) is 0 Å². The van der Waals surface area contributed by atoms with Crippen LogP contribution >= 0.6 is 0 Å². The Balaban J connectivity index is 2.32. The van der Waals surface area contributed by atoms with E-state index < -0.39 is 0 Å². The molecule has 1 atom stereocenters. The molecule has 0 spiro atoms. The Morgan fingerprint density at radius 2 is 1.88 bits per heavy atom. The van der Waals surface area contributed by atoms with Gasteiger partial charge in [0, 0.05) is 32.9 Å². The molecule has 17 heavy (non-hydrogen) atoms. The summed E-state index contributed by atoms with van der Waals surface area (Å²) in [5.41, 5.74) is 2.46. The molecule has 2 N–H and O–H groups in total. The van der Waals surface area contributed by atoms with Crippen LogP contribution in [0.2, 0.25) is 0 Å². The Labute approximate surface area is 104 Å². The first-order chi connectivity index (χ1) is 8.13. The Morgan fingerprint density at radius 1 is 1.24 bits per heavy atom. The van der Waals surface area contributed by atoms with E-state index in [9.17, 15) is 5.11 Å². The largest absolute Gasteiger partial charge is 0.392 e. The Kier molecular flexibility index (Phi) is 6.01. The fourth-order valence-corrected chi connectivity index (χ4v) is 1.73. The zero-order valence-corrected chi connectivity index (χ0v) is 11.1. The average molecular weight is 236 g/mol. The van der Waals surface area contributed by atoms with E-state index in [2.05, 4.69) is 41.4 Å². The molecular weight excluding hydrogens is 212 g/mol. The highest BCUT2D eigenvalue weighted by Crippen LogP contribution is 2.11. The fourth-order valence-electron chi connectivity index (χ4n) is 1.73. The van der Waals surface area contributed by atoms with Gasteiger partial charge in [0.15, 0.2) is 0 Å². The number of nitrogens with one attached hydrogen (secondary N) is 1. The molecule has 3 nitrogen and oxygen atoms in total. The van der Waals surface area contributed by atoms with E-state index >= 15 is 0 Å². The Hall–Kier alpha value is -1.06. The molecule has 0 aromatic heterocycles. The molecule has 0 heterocycles. The standard InChI is InChI=1S/C14H24N2O/c1-4-5-14(17)11-15-10-12-6-8-13(9-7-12)16(2)3/h6-9,14-15,17H,4-5,10-11H2,1-3H3/t14-/m0/s1. The number of anilines is 1. The van der Waals surface area contributed by atoms with Crippen LogP contribution in [0.1, 0.15) is 25.3 Å². The zero-order chi connectivity index (χ0) is 12.7. The lowest BCUT2D eigenvalue weighted by atomic mass is 10.2. The minimum atomic E-state index is -0.221. The van der Waals surface area contributed by atoms with Gasteiger partial charge in [0.1, 0.15) is 0 Å². The number of rotatable bonds is 7. The highest BCUT2D eigenvalue weighted by molar-refractivity contribution is 5.45. The molecule has 0 aliphatic rings. The van der Waals surface area contributed by atoms with Crippen molar-refractivity contribution in [1.29, 1.82) is 0 Å². The molecule has 1 aromatic carbocycles. The molecule has 0 amide bonds. The van der Waals surface area contributed by atoms with Crippen molar-refractivity contribution in [2.75, 3.05) is 25.5 Å². The summed E-state index contributed by atoms with van der Waals surface area (Å²) in [4.78, 5) is 2.09. The molecule has 1 rings (SSSR count). The second-order valence-corrected chi connectivity index (χ2v) is 4.63. The molecule has 1 aromatic rings. The third-order valence-corrected chi connectivity index (χ3v) is 2.78. The maximum Gasteiger partial charge on any atom is 0.0664 e. The van der Waals surface area contributed by atoms with Crippen LogP contribution in [-0.2, 0) is 6.54 Å². The molecule has 3 heteroatoms. The van der Waals surface area contributed by atoms with E-state index in [0.29, 0.717) is 6.54 Å². The number of nitrogens with zero attached hydrogens (tertiary/aromatic N) is 1. The summed E-state index contributed by atoms with van der Waals surface area (Å²) in [6, 6.07) is 8.46. The Bertz CT molecular complexity index is 309. The van der Waals surface area contributed by atoms with E-state index in [4.69, 9.17) is 0 Å². The molecule has 0 fully saturated rings. The molecule has 0 aliphatic heterocycles. The van der Waals surface area contributed by atoms with E-state index in [-0.39, 0.29) is 6.10 Å². The van der Waals surface area contributed by atoms with Crippen LogP contribution in [0.25, 0.3) is 0 Å². The van der Waals surface area contributed by atoms with Crippen LogP contribution in [0, 0.1) is 0 Å². The van der Waals surface area contributed by atoms with Crippen molar-refractivity contribution >= 4 is 5.69 Å². The quantitative estimate of drug-likeness (QED) is 0.760. The summed E-state index contributed by atoms with van der Waals surface area (Å²) in [6.07, 6.45) is 1.67. The minimum absolute atomic E-state index is 0.221. The van der Waals surface area contributed by atoms with Gasteiger partial charge in [0.05, 0.1) is 6.10 Å². The second kappa shape index (κ2) is 7.30. The molecule has 0 unspecified atom stereocenters. The van der Waals surface area contributed by atoms with Gasteiger partial charge >= 0.3 is 0 Å². The highest BCUT2D eigenvalue weighted by Gasteiger charge is 2.01. The van der Waals surface area contributed by atoms with E-state index in [1.165, 1.54) is 11.3 Å². The fraction of sp³-hybridized carbons (Fsp3) is 0.571. The van der Waals surface area contributed by atoms with Gasteiger partial charge < -0.3 is 15.3 Å². The van der Waals surface area contributed by atoms with Gasteiger partial charge in [0.25, 0.3) is 0 Å². The third-order valence-electron chi connectivity index (χ3n) is 2.78. The van der Waals surface area contributed by atoms with E-state index in [1.54, 1.807) is 0 Å². The van der Waals surface area contributed by atoms with Gasteiger partial charge in [-0.1, -0.05) is 25.5 Å². The SMILES string of the molecule is CCC[C@H](O)CNCc1ccc(N(C)C)cc1. The average Bonchev–Trinajstić information content (AvgIpc) is 2.30. The van der Waals surface area contributed by atoms with Gasteiger partial charge in [-0.2, -0.15) is 0 Å². The number of aliphatic hydroxyl groups excluding tert-OH is 1. The van der Waals surface area contributed by atoms with Gasteiger partial charge in [0.2, 0.25) is 0 Å². The summed E-state index contributed by atoms with van der Waals surface area (Å²) in [5, 5.41) is 12.8. The van der Waals surface area contributed by atoms with Crippen molar-refractivity contribution in [1.82, 2.24) is 5.32 Å². The lowest BCUT2D eigenvalue weighted by molar-refractivity contribution is 0.160. The van der Waals surface area contributed by atoms with Gasteiger partial charge in [-0.25, -0.2) is 0 Å². The Morgan fingerprint density at radius 3 is 2.41 bits per heavy atom. The first-order valence-corrected chi connectivity index (χ1v) is 6.28. The molecule has 0 saturated carbocycles. The van der Waals surface area contributed by atoms with Crippen LogP contribution < -0.4 is 10.2 Å². The van der Waals surface area contributed by atoms with Gasteiger partial charge in [-0.15, -0.1) is 0 Å². The second-order valence-electron chi connectivity index (χ2n) is 4.63. The number of benzene rings is 1. The third kappa shape index (κ3) is 5.20. The topological polar surface area (TPSA) is 35.5 Å². The summed E-state index contributed by atoms with van der Waals surface area (Å²) >= 11 is 0. The zero-order valence-electron chi connectivity index (χ0n) is 11.1. The molecular formula is C14H24N2O. The van der Waals surface area contributed by atoms with Gasteiger partial charge in [-0.3, -0.25) is 0 Å². The van der Waals surface area contributed by atoms with Crippen molar-refractivity contribution in [3.05, 3.63) is 29.8 Å². The number of hydrogen-bond acceptors (Lipinski definition) is 3. The predicted molar refractivity (Wildman–Crippen MR) is 73.4 cm³/mol. The summed E-state index contributed by atoms with van der Waals surface area (Å²) in [6.45, 7) is 3.57. The van der Waals surface area contributed by atoms with E-state index in [1.807, 2.05) is 14.1 Å². The number of aliphatic hydroxyl groups is 1.